The molecule has 4 rings (SSSR count). The van der Waals surface area contributed by atoms with Crippen LogP contribution in [0.3, 0.4) is 0 Å². The van der Waals surface area contributed by atoms with Gasteiger partial charge in [0.2, 0.25) is 5.95 Å². The van der Waals surface area contributed by atoms with Crippen LogP contribution < -0.4 is 10.6 Å². The Balaban J connectivity index is 1.62. The van der Waals surface area contributed by atoms with Gasteiger partial charge in [0.15, 0.2) is 5.82 Å². The van der Waals surface area contributed by atoms with Crippen LogP contribution in [0.25, 0.3) is 5.82 Å². The molecular formula is C17H16F2N6. The lowest BCUT2D eigenvalue weighted by molar-refractivity contribution is 0.533. The zero-order valence-electron chi connectivity index (χ0n) is 13.3. The van der Waals surface area contributed by atoms with Gasteiger partial charge >= 0.3 is 0 Å². The minimum absolute atomic E-state index is 0.128. The first kappa shape index (κ1) is 15.5. The topological polar surface area (TPSA) is 72.9 Å². The van der Waals surface area contributed by atoms with Gasteiger partial charge in [-0.2, -0.15) is 15.1 Å². The van der Waals surface area contributed by atoms with Crippen molar-refractivity contribution in [3.8, 4) is 5.82 Å². The van der Waals surface area contributed by atoms with Crippen molar-refractivity contribution in [2.45, 2.75) is 12.3 Å². The SMILES string of the molecule is Nc1nc(N2CCC(c3c(F)cccc3F)C2)cc(-n2cccn2)n1. The molecule has 0 amide bonds. The molecule has 1 saturated heterocycles. The van der Waals surface area contributed by atoms with Gasteiger partial charge in [-0.05, 0) is 24.6 Å². The molecule has 3 heterocycles. The maximum atomic E-state index is 14.0. The third kappa shape index (κ3) is 2.90. The van der Waals surface area contributed by atoms with E-state index in [9.17, 15) is 8.78 Å². The molecule has 0 aliphatic carbocycles. The molecule has 6 nitrogen and oxygen atoms in total. The number of aromatic nitrogens is 4. The molecule has 3 aromatic rings. The first-order chi connectivity index (χ1) is 12.1. The summed E-state index contributed by atoms with van der Waals surface area (Å²) in [6.07, 6.45) is 4.04. The van der Waals surface area contributed by atoms with E-state index < -0.39 is 11.6 Å². The van der Waals surface area contributed by atoms with Crippen LogP contribution >= 0.6 is 0 Å². The third-order valence-corrected chi connectivity index (χ3v) is 4.38. The van der Waals surface area contributed by atoms with E-state index in [1.807, 2.05) is 4.90 Å². The first-order valence-corrected chi connectivity index (χ1v) is 7.95. The van der Waals surface area contributed by atoms with Crippen molar-refractivity contribution >= 4 is 11.8 Å². The Labute approximate surface area is 142 Å². The highest BCUT2D eigenvalue weighted by Crippen LogP contribution is 2.33. The summed E-state index contributed by atoms with van der Waals surface area (Å²) in [7, 11) is 0. The van der Waals surface area contributed by atoms with E-state index >= 15 is 0 Å². The largest absolute Gasteiger partial charge is 0.368 e. The zero-order valence-corrected chi connectivity index (χ0v) is 13.3. The Morgan fingerprint density at radius 3 is 2.56 bits per heavy atom. The molecule has 1 fully saturated rings. The molecule has 25 heavy (non-hydrogen) atoms. The maximum Gasteiger partial charge on any atom is 0.224 e. The first-order valence-electron chi connectivity index (χ1n) is 7.95. The highest BCUT2D eigenvalue weighted by Gasteiger charge is 2.29. The van der Waals surface area contributed by atoms with Gasteiger partial charge in [-0.1, -0.05) is 6.07 Å². The van der Waals surface area contributed by atoms with E-state index in [0.29, 0.717) is 31.1 Å². The number of hydrogen-bond acceptors (Lipinski definition) is 5. The molecule has 2 N–H and O–H groups in total. The van der Waals surface area contributed by atoms with Crippen molar-refractivity contribution < 1.29 is 8.78 Å². The number of nitrogens with zero attached hydrogens (tertiary/aromatic N) is 5. The van der Waals surface area contributed by atoms with Gasteiger partial charge in [0.05, 0.1) is 0 Å². The Bertz CT molecular complexity index is 876. The summed E-state index contributed by atoms with van der Waals surface area (Å²) in [5, 5.41) is 4.13. The maximum absolute atomic E-state index is 14.0. The predicted octanol–water partition coefficient (Wildman–Crippen LogP) is 2.52. The van der Waals surface area contributed by atoms with Gasteiger partial charge in [0.25, 0.3) is 0 Å². The molecule has 0 spiro atoms. The number of benzene rings is 1. The highest BCUT2D eigenvalue weighted by atomic mass is 19.1. The number of anilines is 2. The van der Waals surface area contributed by atoms with Crippen LogP contribution in [0.5, 0.6) is 0 Å². The van der Waals surface area contributed by atoms with E-state index in [0.717, 1.165) is 0 Å². The third-order valence-electron chi connectivity index (χ3n) is 4.38. The normalized spacial score (nSPS) is 17.2. The number of nitrogen functional groups attached to an aromatic ring is 1. The van der Waals surface area contributed by atoms with E-state index in [2.05, 4.69) is 15.1 Å². The van der Waals surface area contributed by atoms with E-state index in [1.165, 1.54) is 18.2 Å². The Hall–Kier alpha value is -3.03. The van der Waals surface area contributed by atoms with E-state index in [1.54, 1.807) is 29.2 Å². The molecule has 8 heteroatoms. The number of rotatable bonds is 3. The van der Waals surface area contributed by atoms with Crippen molar-refractivity contribution in [1.82, 2.24) is 19.7 Å². The van der Waals surface area contributed by atoms with E-state index in [-0.39, 0.29) is 17.4 Å². The van der Waals surface area contributed by atoms with Crippen molar-refractivity contribution in [3.05, 3.63) is 59.9 Å². The van der Waals surface area contributed by atoms with Crippen molar-refractivity contribution in [2.75, 3.05) is 23.7 Å². The van der Waals surface area contributed by atoms with Gasteiger partial charge in [-0.25, -0.2) is 13.5 Å². The van der Waals surface area contributed by atoms with Crippen LogP contribution in [-0.2, 0) is 0 Å². The summed E-state index contributed by atoms with van der Waals surface area (Å²) in [5.74, 6) is 0.0527. The predicted molar refractivity (Wildman–Crippen MR) is 89.5 cm³/mol. The van der Waals surface area contributed by atoms with Crippen molar-refractivity contribution in [1.29, 1.82) is 0 Å². The van der Waals surface area contributed by atoms with Gasteiger partial charge in [-0.3, -0.25) is 0 Å². The molecule has 128 valence electrons. The average molecular weight is 342 g/mol. The molecule has 2 aromatic heterocycles. The average Bonchev–Trinajstić information content (AvgIpc) is 3.26. The summed E-state index contributed by atoms with van der Waals surface area (Å²) in [5.41, 5.74) is 5.96. The van der Waals surface area contributed by atoms with Crippen molar-refractivity contribution in [2.24, 2.45) is 0 Å². The number of halogens is 2. The number of hydrogen-bond donors (Lipinski definition) is 1. The quantitative estimate of drug-likeness (QED) is 0.792. The summed E-state index contributed by atoms with van der Waals surface area (Å²) in [6, 6.07) is 7.51. The molecule has 0 bridgehead atoms. The molecule has 1 atom stereocenters. The second kappa shape index (κ2) is 6.12. The minimum Gasteiger partial charge on any atom is -0.368 e. The lowest BCUT2D eigenvalue weighted by Crippen LogP contribution is -2.22. The van der Waals surface area contributed by atoms with Crippen LogP contribution in [0.4, 0.5) is 20.5 Å². The molecule has 1 aliphatic heterocycles. The monoisotopic (exact) mass is 342 g/mol. The van der Waals surface area contributed by atoms with Gasteiger partial charge < -0.3 is 10.6 Å². The number of nitrogens with two attached hydrogens (primary N) is 1. The second-order valence-corrected chi connectivity index (χ2v) is 5.96. The fourth-order valence-corrected chi connectivity index (χ4v) is 3.23. The molecule has 0 radical (unpaired) electrons. The van der Waals surface area contributed by atoms with Crippen LogP contribution in [-0.4, -0.2) is 32.8 Å². The Morgan fingerprint density at radius 1 is 1.08 bits per heavy atom. The lowest BCUT2D eigenvalue weighted by Gasteiger charge is -2.19. The molecule has 1 unspecified atom stereocenters. The fourth-order valence-electron chi connectivity index (χ4n) is 3.23. The highest BCUT2D eigenvalue weighted by molar-refractivity contribution is 5.49. The smallest absolute Gasteiger partial charge is 0.224 e. The van der Waals surface area contributed by atoms with Crippen LogP contribution in [0.1, 0.15) is 17.9 Å². The van der Waals surface area contributed by atoms with E-state index in [4.69, 9.17) is 5.73 Å². The fraction of sp³-hybridized carbons (Fsp3) is 0.235. The minimum atomic E-state index is -0.508. The second-order valence-electron chi connectivity index (χ2n) is 5.96. The van der Waals surface area contributed by atoms with Gasteiger partial charge in [0, 0.05) is 43.0 Å². The van der Waals surface area contributed by atoms with Crippen LogP contribution in [0, 0.1) is 11.6 Å². The standard InChI is InChI=1S/C17H16F2N6/c18-12-3-1-4-13(19)16(12)11-5-8-24(10-11)14-9-15(23-17(20)22-14)25-7-2-6-21-25/h1-4,6-7,9,11H,5,8,10H2,(H2,20,22,23). The summed E-state index contributed by atoms with van der Waals surface area (Å²) >= 11 is 0. The van der Waals surface area contributed by atoms with Gasteiger partial charge in [-0.15, -0.1) is 0 Å². The Kier molecular flexibility index (Phi) is 3.79. The van der Waals surface area contributed by atoms with Gasteiger partial charge in [0.1, 0.15) is 17.5 Å². The summed E-state index contributed by atoms with van der Waals surface area (Å²) in [4.78, 5) is 10.4. The van der Waals surface area contributed by atoms with Crippen molar-refractivity contribution in [3.63, 3.8) is 0 Å². The zero-order chi connectivity index (χ0) is 17.4. The summed E-state index contributed by atoms with van der Waals surface area (Å²) in [6.45, 7) is 1.10. The molecular weight excluding hydrogens is 326 g/mol. The van der Waals surface area contributed by atoms with Crippen LogP contribution in [0.2, 0.25) is 0 Å². The molecule has 1 aliphatic rings. The lowest BCUT2D eigenvalue weighted by atomic mass is 9.97. The molecule has 0 saturated carbocycles. The Morgan fingerprint density at radius 2 is 1.84 bits per heavy atom. The molecule has 1 aromatic carbocycles. The summed E-state index contributed by atoms with van der Waals surface area (Å²) < 4.78 is 29.6. The van der Waals surface area contributed by atoms with Crippen LogP contribution in [0.15, 0.2) is 42.7 Å².